The highest BCUT2D eigenvalue weighted by Gasteiger charge is 2.12. The average Bonchev–Trinajstić information content (AvgIpc) is 2.85. The van der Waals surface area contributed by atoms with Gasteiger partial charge in [0, 0.05) is 23.1 Å². The molecule has 1 amide bonds. The Balaban J connectivity index is 1.85. The van der Waals surface area contributed by atoms with E-state index >= 15 is 0 Å². The Kier molecular flexibility index (Phi) is 4.78. The van der Waals surface area contributed by atoms with Crippen LogP contribution in [0.1, 0.15) is 28.8 Å². The summed E-state index contributed by atoms with van der Waals surface area (Å²) < 4.78 is 0.942. The van der Waals surface area contributed by atoms with E-state index in [0.29, 0.717) is 0 Å². The molecule has 1 heterocycles. The van der Waals surface area contributed by atoms with Crippen LogP contribution < -0.4 is 5.32 Å². The molecule has 0 spiro atoms. The molecule has 3 nitrogen and oxygen atoms in total. The lowest BCUT2D eigenvalue weighted by Gasteiger charge is -2.15. The van der Waals surface area contributed by atoms with Crippen molar-refractivity contribution in [1.82, 2.24) is 10.2 Å². The van der Waals surface area contributed by atoms with Crippen LogP contribution in [0, 0.1) is 6.92 Å². The Labute approximate surface area is 117 Å². The number of aryl methyl sites for hydroxylation is 1. The molecule has 1 aromatic rings. The van der Waals surface area contributed by atoms with Crippen molar-refractivity contribution >= 4 is 21.8 Å². The van der Waals surface area contributed by atoms with Gasteiger partial charge in [0.1, 0.15) is 0 Å². The first kappa shape index (κ1) is 13.6. The smallest absolute Gasteiger partial charge is 0.251 e. The van der Waals surface area contributed by atoms with Crippen LogP contribution in [-0.4, -0.2) is 37.0 Å². The van der Waals surface area contributed by atoms with Crippen molar-refractivity contribution in [2.45, 2.75) is 19.8 Å². The van der Waals surface area contributed by atoms with Gasteiger partial charge in [0.25, 0.3) is 5.91 Å². The third-order valence-electron chi connectivity index (χ3n) is 3.36. The summed E-state index contributed by atoms with van der Waals surface area (Å²) >= 11 is 3.40. The molecule has 98 valence electrons. The lowest BCUT2D eigenvalue weighted by molar-refractivity contribution is 0.0949. The fraction of sp³-hybridized carbons (Fsp3) is 0.500. The molecular weight excluding hydrogens is 292 g/mol. The molecule has 4 heteroatoms. The van der Waals surface area contributed by atoms with Crippen LogP contribution in [0.5, 0.6) is 0 Å². The lowest BCUT2D eigenvalue weighted by Crippen LogP contribution is -2.33. The molecule has 0 aliphatic carbocycles. The summed E-state index contributed by atoms with van der Waals surface area (Å²) in [6.45, 7) is 5.99. The maximum absolute atomic E-state index is 12.0. The number of nitrogens with one attached hydrogen (secondary N) is 1. The Morgan fingerprint density at radius 3 is 2.83 bits per heavy atom. The summed E-state index contributed by atoms with van der Waals surface area (Å²) in [4.78, 5) is 14.4. The number of carbonyl (C=O) groups excluding carboxylic acids is 1. The average molecular weight is 311 g/mol. The van der Waals surface area contributed by atoms with Crippen molar-refractivity contribution in [3.8, 4) is 0 Å². The van der Waals surface area contributed by atoms with Crippen molar-refractivity contribution < 1.29 is 4.79 Å². The Bertz CT molecular complexity index is 428. The third kappa shape index (κ3) is 3.56. The van der Waals surface area contributed by atoms with Gasteiger partial charge < -0.3 is 10.2 Å². The third-order valence-corrected chi connectivity index (χ3v) is 3.85. The first-order valence-electron chi connectivity index (χ1n) is 6.43. The zero-order valence-electron chi connectivity index (χ0n) is 10.7. The molecule has 1 aromatic carbocycles. The number of nitrogens with zero attached hydrogens (tertiary/aromatic N) is 1. The molecule has 2 rings (SSSR count). The fourth-order valence-corrected chi connectivity index (χ4v) is 2.63. The number of amides is 1. The number of carbonyl (C=O) groups is 1. The first-order chi connectivity index (χ1) is 8.66. The Morgan fingerprint density at radius 1 is 1.39 bits per heavy atom. The topological polar surface area (TPSA) is 32.3 Å². The molecule has 1 fully saturated rings. The van der Waals surface area contributed by atoms with Crippen molar-refractivity contribution in [2.75, 3.05) is 26.2 Å². The van der Waals surface area contributed by atoms with Gasteiger partial charge in [-0.2, -0.15) is 0 Å². The van der Waals surface area contributed by atoms with Crippen molar-refractivity contribution in [3.63, 3.8) is 0 Å². The second kappa shape index (κ2) is 6.34. The van der Waals surface area contributed by atoms with Crippen LogP contribution in [0.25, 0.3) is 0 Å². The highest BCUT2D eigenvalue weighted by molar-refractivity contribution is 9.10. The summed E-state index contributed by atoms with van der Waals surface area (Å²) in [5.41, 5.74) is 1.77. The minimum atomic E-state index is 0.0213. The van der Waals surface area contributed by atoms with E-state index in [1.54, 1.807) is 0 Å². The minimum absolute atomic E-state index is 0.0213. The van der Waals surface area contributed by atoms with Crippen LogP contribution in [0.3, 0.4) is 0 Å². The van der Waals surface area contributed by atoms with Crippen LogP contribution in [0.15, 0.2) is 22.7 Å². The number of hydrogen-bond donors (Lipinski definition) is 1. The van der Waals surface area contributed by atoms with Gasteiger partial charge in [0.05, 0.1) is 0 Å². The number of benzene rings is 1. The van der Waals surface area contributed by atoms with E-state index in [4.69, 9.17) is 0 Å². The molecular formula is C14H19BrN2O. The van der Waals surface area contributed by atoms with E-state index < -0.39 is 0 Å². The normalized spacial score (nSPS) is 15.9. The van der Waals surface area contributed by atoms with Crippen LogP contribution in [0.4, 0.5) is 0 Å². The summed E-state index contributed by atoms with van der Waals surface area (Å²) in [5.74, 6) is 0.0213. The maximum atomic E-state index is 12.0. The standard InChI is InChI=1S/C14H19BrN2O/c1-11-4-5-12(15)10-13(11)14(18)16-6-9-17-7-2-3-8-17/h4-5,10H,2-3,6-9H2,1H3,(H,16,18). The van der Waals surface area contributed by atoms with Crippen molar-refractivity contribution in [1.29, 1.82) is 0 Å². The maximum Gasteiger partial charge on any atom is 0.251 e. The number of likely N-dealkylation sites (tertiary alicyclic amines) is 1. The lowest BCUT2D eigenvalue weighted by atomic mass is 10.1. The molecule has 18 heavy (non-hydrogen) atoms. The van der Waals surface area contributed by atoms with E-state index in [1.165, 1.54) is 25.9 Å². The molecule has 0 unspecified atom stereocenters. The summed E-state index contributed by atoms with van der Waals surface area (Å²) in [5, 5.41) is 2.99. The van der Waals surface area contributed by atoms with Crippen LogP contribution in [0.2, 0.25) is 0 Å². The van der Waals surface area contributed by atoms with E-state index in [0.717, 1.165) is 28.7 Å². The monoisotopic (exact) mass is 310 g/mol. The van der Waals surface area contributed by atoms with E-state index in [2.05, 4.69) is 26.1 Å². The molecule has 0 atom stereocenters. The molecule has 0 bridgehead atoms. The second-order valence-electron chi connectivity index (χ2n) is 4.76. The first-order valence-corrected chi connectivity index (χ1v) is 7.23. The van der Waals surface area contributed by atoms with Gasteiger partial charge in [-0.15, -0.1) is 0 Å². The SMILES string of the molecule is Cc1ccc(Br)cc1C(=O)NCCN1CCCC1. The Morgan fingerprint density at radius 2 is 2.11 bits per heavy atom. The van der Waals surface area contributed by atoms with Gasteiger partial charge in [0.2, 0.25) is 0 Å². The largest absolute Gasteiger partial charge is 0.351 e. The second-order valence-corrected chi connectivity index (χ2v) is 5.68. The van der Waals surface area contributed by atoms with Crippen LogP contribution >= 0.6 is 15.9 Å². The predicted octanol–water partition coefficient (Wildman–Crippen LogP) is 2.58. The molecule has 0 radical (unpaired) electrons. The summed E-state index contributed by atoms with van der Waals surface area (Å²) in [6.07, 6.45) is 2.58. The molecule has 0 saturated carbocycles. The zero-order chi connectivity index (χ0) is 13.0. The predicted molar refractivity (Wildman–Crippen MR) is 76.9 cm³/mol. The molecule has 1 aliphatic heterocycles. The molecule has 1 aliphatic rings. The molecule has 0 aromatic heterocycles. The van der Waals surface area contributed by atoms with Gasteiger partial charge >= 0.3 is 0 Å². The number of hydrogen-bond acceptors (Lipinski definition) is 2. The van der Waals surface area contributed by atoms with Crippen molar-refractivity contribution in [3.05, 3.63) is 33.8 Å². The minimum Gasteiger partial charge on any atom is -0.351 e. The van der Waals surface area contributed by atoms with Gasteiger partial charge in [-0.25, -0.2) is 0 Å². The number of rotatable bonds is 4. The van der Waals surface area contributed by atoms with Gasteiger partial charge in [0.15, 0.2) is 0 Å². The van der Waals surface area contributed by atoms with Gasteiger partial charge in [-0.1, -0.05) is 22.0 Å². The van der Waals surface area contributed by atoms with E-state index in [9.17, 15) is 4.79 Å². The number of halogens is 1. The van der Waals surface area contributed by atoms with Crippen molar-refractivity contribution in [2.24, 2.45) is 0 Å². The summed E-state index contributed by atoms with van der Waals surface area (Å²) in [7, 11) is 0. The van der Waals surface area contributed by atoms with Gasteiger partial charge in [-0.3, -0.25) is 4.79 Å². The quantitative estimate of drug-likeness (QED) is 0.927. The van der Waals surface area contributed by atoms with Crippen LogP contribution in [-0.2, 0) is 0 Å². The highest BCUT2D eigenvalue weighted by atomic mass is 79.9. The highest BCUT2D eigenvalue weighted by Crippen LogP contribution is 2.15. The van der Waals surface area contributed by atoms with E-state index in [-0.39, 0.29) is 5.91 Å². The van der Waals surface area contributed by atoms with Gasteiger partial charge in [-0.05, 0) is 50.6 Å². The fourth-order valence-electron chi connectivity index (χ4n) is 2.27. The molecule has 1 saturated heterocycles. The molecule has 1 N–H and O–H groups in total. The summed E-state index contributed by atoms with van der Waals surface area (Å²) in [6, 6.07) is 5.79. The zero-order valence-corrected chi connectivity index (χ0v) is 12.3. The Hall–Kier alpha value is -0.870. The van der Waals surface area contributed by atoms with E-state index in [1.807, 2.05) is 25.1 Å².